The maximum atomic E-state index is 13.7. The van der Waals surface area contributed by atoms with E-state index in [0.29, 0.717) is 53.5 Å². The number of hydrogen-bond acceptors (Lipinski definition) is 7. The number of carbonyl (C=O) groups excluding carboxylic acids is 1. The van der Waals surface area contributed by atoms with Crippen molar-refractivity contribution in [3.63, 3.8) is 0 Å². The number of rotatable bonds is 6. The van der Waals surface area contributed by atoms with Crippen LogP contribution in [0.15, 0.2) is 58.5 Å². The van der Waals surface area contributed by atoms with Crippen LogP contribution in [0.5, 0.6) is 5.75 Å². The fourth-order valence-corrected chi connectivity index (χ4v) is 5.78. The van der Waals surface area contributed by atoms with Gasteiger partial charge in [-0.15, -0.1) is 0 Å². The number of anilines is 1. The zero-order chi connectivity index (χ0) is 23.6. The number of benzene rings is 2. The number of esters is 1. The molecule has 0 bridgehead atoms. The van der Waals surface area contributed by atoms with Crippen LogP contribution in [0.2, 0.25) is 5.02 Å². The molecular formula is C24H25ClN2O5S. The van der Waals surface area contributed by atoms with Gasteiger partial charge in [0.25, 0.3) is 0 Å². The highest BCUT2D eigenvalue weighted by Gasteiger charge is 2.32. The highest BCUT2D eigenvalue weighted by molar-refractivity contribution is 7.91. The lowest BCUT2D eigenvalue weighted by Crippen LogP contribution is -2.40. The normalized spacial score (nSPS) is 16.6. The van der Waals surface area contributed by atoms with Crippen LogP contribution in [0.1, 0.15) is 19.8 Å². The van der Waals surface area contributed by atoms with Crippen molar-refractivity contribution in [3.8, 4) is 5.75 Å². The first kappa shape index (κ1) is 23.3. The van der Waals surface area contributed by atoms with Crippen molar-refractivity contribution in [3.05, 3.63) is 53.7 Å². The van der Waals surface area contributed by atoms with Crippen LogP contribution in [-0.2, 0) is 19.4 Å². The number of ether oxygens (including phenoxy) is 2. The molecule has 2 heterocycles. The maximum absolute atomic E-state index is 13.7. The molecule has 0 radical (unpaired) electrons. The van der Waals surface area contributed by atoms with E-state index in [-0.39, 0.29) is 21.7 Å². The zero-order valence-corrected chi connectivity index (χ0v) is 20.0. The first-order chi connectivity index (χ1) is 15.8. The van der Waals surface area contributed by atoms with Gasteiger partial charge in [0.2, 0.25) is 9.84 Å². The number of fused-ring (bicyclic) bond motifs is 1. The third-order valence-electron chi connectivity index (χ3n) is 5.78. The number of halogens is 1. The van der Waals surface area contributed by atoms with Gasteiger partial charge < -0.3 is 14.4 Å². The minimum absolute atomic E-state index is 0.0759. The van der Waals surface area contributed by atoms with Gasteiger partial charge >= 0.3 is 5.97 Å². The van der Waals surface area contributed by atoms with Crippen LogP contribution in [0, 0.1) is 5.92 Å². The number of piperidine rings is 1. The third kappa shape index (κ3) is 4.63. The SMILES string of the molecule is CCOC(=O)C1CCCN(c2c(S(=O)(=O)c3ccc(OC)cc3)cnc3ccc(Cl)cc23)C1. The lowest BCUT2D eigenvalue weighted by atomic mass is 9.97. The second kappa shape index (κ2) is 9.57. The summed E-state index contributed by atoms with van der Waals surface area (Å²) >= 11 is 6.28. The van der Waals surface area contributed by atoms with Crippen LogP contribution in [0.25, 0.3) is 10.9 Å². The summed E-state index contributed by atoms with van der Waals surface area (Å²) in [5.74, 6) is -0.0401. The predicted octanol–water partition coefficient (Wildman–Crippen LogP) is 4.51. The molecule has 0 spiro atoms. The lowest BCUT2D eigenvalue weighted by Gasteiger charge is -2.35. The zero-order valence-electron chi connectivity index (χ0n) is 18.5. The van der Waals surface area contributed by atoms with Crippen LogP contribution in [0.4, 0.5) is 5.69 Å². The van der Waals surface area contributed by atoms with Gasteiger partial charge in [-0.3, -0.25) is 9.78 Å². The van der Waals surface area contributed by atoms with Gasteiger partial charge in [0.15, 0.2) is 0 Å². The van der Waals surface area contributed by atoms with Crippen LogP contribution in [0.3, 0.4) is 0 Å². The molecule has 1 aliphatic rings. The number of nitrogens with zero attached hydrogens (tertiary/aromatic N) is 2. The van der Waals surface area contributed by atoms with Gasteiger partial charge in [-0.05, 0) is 62.2 Å². The summed E-state index contributed by atoms with van der Waals surface area (Å²) in [6, 6.07) is 11.4. The molecule has 1 saturated heterocycles. The molecule has 1 aromatic heterocycles. The van der Waals surface area contributed by atoms with E-state index >= 15 is 0 Å². The predicted molar refractivity (Wildman–Crippen MR) is 127 cm³/mol. The minimum atomic E-state index is -3.92. The maximum Gasteiger partial charge on any atom is 0.310 e. The molecule has 2 aromatic carbocycles. The van der Waals surface area contributed by atoms with E-state index < -0.39 is 9.84 Å². The molecule has 1 unspecified atom stereocenters. The quantitative estimate of drug-likeness (QED) is 0.472. The molecule has 0 saturated carbocycles. The summed E-state index contributed by atoms with van der Waals surface area (Å²) in [4.78, 5) is 19.0. The molecule has 1 aliphatic heterocycles. The van der Waals surface area contributed by atoms with Crippen LogP contribution >= 0.6 is 11.6 Å². The van der Waals surface area contributed by atoms with Crippen LogP contribution in [-0.4, -0.2) is 46.2 Å². The van der Waals surface area contributed by atoms with Gasteiger partial charge in [0, 0.05) is 29.7 Å². The molecule has 0 aliphatic carbocycles. The first-order valence-corrected chi connectivity index (χ1v) is 12.6. The van der Waals surface area contributed by atoms with E-state index in [4.69, 9.17) is 21.1 Å². The summed E-state index contributed by atoms with van der Waals surface area (Å²) in [5, 5.41) is 1.10. The van der Waals surface area contributed by atoms with Crippen LogP contribution < -0.4 is 9.64 Å². The highest BCUT2D eigenvalue weighted by Crippen LogP contribution is 2.39. The van der Waals surface area contributed by atoms with E-state index in [1.165, 1.54) is 25.4 Å². The number of carbonyl (C=O) groups is 1. The number of hydrogen-bond donors (Lipinski definition) is 0. The first-order valence-electron chi connectivity index (χ1n) is 10.7. The van der Waals surface area contributed by atoms with Crippen molar-refractivity contribution in [2.45, 2.75) is 29.6 Å². The molecule has 7 nitrogen and oxygen atoms in total. The van der Waals surface area contributed by atoms with Gasteiger partial charge in [0.1, 0.15) is 10.6 Å². The molecule has 4 rings (SSSR count). The van der Waals surface area contributed by atoms with Crippen molar-refractivity contribution in [1.29, 1.82) is 0 Å². The molecule has 3 aromatic rings. The Bertz CT molecular complexity index is 1280. The Balaban J connectivity index is 1.87. The van der Waals surface area contributed by atoms with Crippen molar-refractivity contribution in [2.75, 3.05) is 31.7 Å². The number of aromatic nitrogens is 1. The average Bonchev–Trinajstić information content (AvgIpc) is 2.83. The molecule has 9 heteroatoms. The van der Waals surface area contributed by atoms with Gasteiger partial charge in [-0.1, -0.05) is 11.6 Å². The van der Waals surface area contributed by atoms with Gasteiger partial charge in [0.05, 0.1) is 35.7 Å². The summed E-state index contributed by atoms with van der Waals surface area (Å²) in [6.07, 6.45) is 2.81. The Hall–Kier alpha value is -2.84. The summed E-state index contributed by atoms with van der Waals surface area (Å²) in [6.45, 7) is 3.04. The Kier molecular flexibility index (Phi) is 6.76. The van der Waals surface area contributed by atoms with E-state index in [1.54, 1.807) is 37.3 Å². The lowest BCUT2D eigenvalue weighted by molar-refractivity contribution is -0.148. The molecule has 174 valence electrons. The Morgan fingerprint density at radius 2 is 1.97 bits per heavy atom. The molecule has 0 N–H and O–H groups in total. The average molecular weight is 489 g/mol. The monoisotopic (exact) mass is 488 g/mol. The Labute approximate surface area is 198 Å². The third-order valence-corrected chi connectivity index (χ3v) is 7.79. The Morgan fingerprint density at radius 3 is 2.67 bits per heavy atom. The van der Waals surface area contributed by atoms with Gasteiger partial charge in [-0.25, -0.2) is 8.42 Å². The fraction of sp³-hybridized carbons (Fsp3) is 0.333. The van der Waals surface area contributed by atoms with E-state index in [1.807, 2.05) is 4.90 Å². The van der Waals surface area contributed by atoms with E-state index in [0.717, 1.165) is 6.42 Å². The van der Waals surface area contributed by atoms with Crippen molar-refractivity contribution < 1.29 is 22.7 Å². The molecule has 33 heavy (non-hydrogen) atoms. The molecule has 0 amide bonds. The van der Waals surface area contributed by atoms with Crippen molar-refractivity contribution in [2.24, 2.45) is 5.92 Å². The summed E-state index contributed by atoms with van der Waals surface area (Å²) in [5.41, 5.74) is 1.13. The fourth-order valence-electron chi connectivity index (χ4n) is 4.17. The number of pyridine rings is 1. The van der Waals surface area contributed by atoms with E-state index in [2.05, 4.69) is 4.98 Å². The summed E-state index contributed by atoms with van der Waals surface area (Å²) in [7, 11) is -2.39. The van der Waals surface area contributed by atoms with Crippen molar-refractivity contribution >= 4 is 44.0 Å². The second-order valence-corrected chi connectivity index (χ2v) is 10.2. The molecule has 1 atom stereocenters. The largest absolute Gasteiger partial charge is 0.497 e. The second-order valence-electron chi connectivity index (χ2n) is 7.85. The number of sulfone groups is 1. The number of methoxy groups -OCH3 is 1. The Morgan fingerprint density at radius 1 is 1.21 bits per heavy atom. The summed E-state index contributed by atoms with van der Waals surface area (Å²) < 4.78 is 37.8. The van der Waals surface area contributed by atoms with E-state index in [9.17, 15) is 13.2 Å². The molecular weight excluding hydrogens is 464 g/mol. The van der Waals surface area contributed by atoms with Gasteiger partial charge in [-0.2, -0.15) is 0 Å². The minimum Gasteiger partial charge on any atom is -0.497 e. The smallest absolute Gasteiger partial charge is 0.310 e. The molecule has 1 fully saturated rings. The van der Waals surface area contributed by atoms with Crippen molar-refractivity contribution in [1.82, 2.24) is 4.98 Å². The topological polar surface area (TPSA) is 85.8 Å². The highest BCUT2D eigenvalue weighted by atomic mass is 35.5. The standard InChI is InChI=1S/C24H25ClN2O5S/c1-3-32-24(28)16-5-4-12-27(15-16)23-20-13-17(25)6-11-21(20)26-14-22(23)33(29,30)19-9-7-18(31-2)8-10-19/h6-11,13-14,16H,3-5,12,15H2,1-2H3.